The minimum Gasteiger partial charge on any atom is -0.309 e. The first-order valence-corrected chi connectivity index (χ1v) is 7.23. The van der Waals surface area contributed by atoms with Gasteiger partial charge < -0.3 is 10.2 Å². The summed E-state index contributed by atoms with van der Waals surface area (Å²) in [5, 5.41) is 3.55. The topological polar surface area (TPSA) is 28.2 Å². The van der Waals surface area contributed by atoms with E-state index in [2.05, 4.69) is 28.2 Å². The molecule has 100 valence electrons. The fourth-order valence-corrected chi connectivity index (χ4v) is 2.54. The standard InChI is InChI=1S/C15H25N3/c1-14(15-8-3-4-9-17-15)16-10-7-13-18-11-5-2-6-12-18/h3-4,8-9,14,16H,2,5-7,10-13H2,1H3. The molecule has 3 heteroatoms. The number of likely N-dealkylation sites (tertiary alicyclic amines) is 1. The molecule has 0 spiro atoms. The van der Waals surface area contributed by atoms with Gasteiger partial charge in [-0.05, 0) is 64.5 Å². The Morgan fingerprint density at radius 2 is 2.11 bits per heavy atom. The summed E-state index contributed by atoms with van der Waals surface area (Å²) in [6, 6.07) is 6.45. The van der Waals surface area contributed by atoms with Crippen molar-refractivity contribution in [3.63, 3.8) is 0 Å². The van der Waals surface area contributed by atoms with Crippen LogP contribution in [0.4, 0.5) is 0 Å². The number of pyridine rings is 1. The van der Waals surface area contributed by atoms with Crippen LogP contribution in [0, 0.1) is 0 Å². The number of nitrogens with zero attached hydrogens (tertiary/aromatic N) is 2. The lowest BCUT2D eigenvalue weighted by Crippen LogP contribution is -2.32. The van der Waals surface area contributed by atoms with E-state index in [0.717, 1.165) is 12.2 Å². The number of hydrogen-bond donors (Lipinski definition) is 1. The fraction of sp³-hybridized carbons (Fsp3) is 0.667. The summed E-state index contributed by atoms with van der Waals surface area (Å²) in [4.78, 5) is 6.97. The van der Waals surface area contributed by atoms with Crippen molar-refractivity contribution in [2.45, 2.75) is 38.6 Å². The maximum Gasteiger partial charge on any atom is 0.0570 e. The van der Waals surface area contributed by atoms with Crippen molar-refractivity contribution in [2.75, 3.05) is 26.2 Å². The minimum absolute atomic E-state index is 0.354. The zero-order valence-electron chi connectivity index (χ0n) is 11.4. The maximum atomic E-state index is 4.37. The second kappa shape index (κ2) is 7.49. The maximum absolute atomic E-state index is 4.37. The van der Waals surface area contributed by atoms with Crippen LogP contribution in [0.2, 0.25) is 0 Å². The molecule has 1 N–H and O–H groups in total. The van der Waals surface area contributed by atoms with Gasteiger partial charge in [-0.2, -0.15) is 0 Å². The van der Waals surface area contributed by atoms with Crippen LogP contribution >= 0.6 is 0 Å². The van der Waals surface area contributed by atoms with E-state index in [-0.39, 0.29) is 0 Å². The van der Waals surface area contributed by atoms with Crippen LogP contribution in [0.3, 0.4) is 0 Å². The van der Waals surface area contributed by atoms with Crippen LogP contribution in [-0.4, -0.2) is 36.1 Å². The molecule has 1 saturated heterocycles. The molecule has 0 amide bonds. The molecule has 0 aromatic carbocycles. The van der Waals surface area contributed by atoms with E-state index in [1.54, 1.807) is 0 Å². The van der Waals surface area contributed by atoms with E-state index in [1.165, 1.54) is 45.3 Å². The molecule has 1 unspecified atom stereocenters. The third-order valence-corrected chi connectivity index (χ3v) is 3.68. The number of piperidine rings is 1. The largest absolute Gasteiger partial charge is 0.309 e. The highest BCUT2D eigenvalue weighted by Crippen LogP contribution is 2.10. The monoisotopic (exact) mass is 247 g/mol. The number of hydrogen-bond acceptors (Lipinski definition) is 3. The molecule has 0 radical (unpaired) electrons. The molecular formula is C15H25N3. The number of aromatic nitrogens is 1. The Labute approximate surface area is 111 Å². The highest BCUT2D eigenvalue weighted by molar-refractivity contribution is 5.07. The van der Waals surface area contributed by atoms with Crippen LogP contribution in [0.15, 0.2) is 24.4 Å². The van der Waals surface area contributed by atoms with Crippen LogP contribution < -0.4 is 5.32 Å². The molecule has 1 atom stereocenters. The van der Waals surface area contributed by atoms with Gasteiger partial charge in [0.1, 0.15) is 0 Å². The van der Waals surface area contributed by atoms with Crippen LogP contribution in [0.5, 0.6) is 0 Å². The van der Waals surface area contributed by atoms with Gasteiger partial charge in [-0.1, -0.05) is 12.5 Å². The summed E-state index contributed by atoms with van der Waals surface area (Å²) < 4.78 is 0. The molecule has 1 aromatic heterocycles. The Hall–Kier alpha value is -0.930. The average Bonchev–Trinajstić information content (AvgIpc) is 2.45. The summed E-state index contributed by atoms with van der Waals surface area (Å²) in [6.07, 6.45) is 7.29. The Kier molecular flexibility index (Phi) is 5.62. The van der Waals surface area contributed by atoms with Crippen molar-refractivity contribution in [3.8, 4) is 0 Å². The van der Waals surface area contributed by atoms with Gasteiger partial charge in [0.15, 0.2) is 0 Å². The minimum atomic E-state index is 0.354. The smallest absolute Gasteiger partial charge is 0.0570 e. The highest BCUT2D eigenvalue weighted by Gasteiger charge is 2.09. The van der Waals surface area contributed by atoms with Gasteiger partial charge >= 0.3 is 0 Å². The van der Waals surface area contributed by atoms with Crippen LogP contribution in [-0.2, 0) is 0 Å². The molecule has 0 bridgehead atoms. The van der Waals surface area contributed by atoms with E-state index >= 15 is 0 Å². The Morgan fingerprint density at radius 1 is 1.28 bits per heavy atom. The molecule has 1 aliphatic rings. The number of rotatable bonds is 6. The molecule has 2 heterocycles. The van der Waals surface area contributed by atoms with Crippen molar-refractivity contribution in [3.05, 3.63) is 30.1 Å². The van der Waals surface area contributed by atoms with Crippen molar-refractivity contribution in [2.24, 2.45) is 0 Å². The van der Waals surface area contributed by atoms with E-state index in [9.17, 15) is 0 Å². The van der Waals surface area contributed by atoms with Gasteiger partial charge in [0, 0.05) is 12.2 Å². The Bertz CT molecular complexity index is 320. The van der Waals surface area contributed by atoms with Crippen molar-refractivity contribution in [1.82, 2.24) is 15.2 Å². The van der Waals surface area contributed by atoms with Gasteiger partial charge in [0.25, 0.3) is 0 Å². The molecule has 1 fully saturated rings. The third kappa shape index (κ3) is 4.39. The van der Waals surface area contributed by atoms with Crippen molar-refractivity contribution >= 4 is 0 Å². The quantitative estimate of drug-likeness (QED) is 0.783. The predicted molar refractivity (Wildman–Crippen MR) is 75.6 cm³/mol. The SMILES string of the molecule is CC(NCCCN1CCCCC1)c1ccccn1. The van der Waals surface area contributed by atoms with Gasteiger partial charge in [0.05, 0.1) is 5.69 Å². The van der Waals surface area contributed by atoms with E-state index in [4.69, 9.17) is 0 Å². The second-order valence-corrected chi connectivity index (χ2v) is 5.19. The third-order valence-electron chi connectivity index (χ3n) is 3.68. The summed E-state index contributed by atoms with van der Waals surface area (Å²) in [7, 11) is 0. The molecule has 18 heavy (non-hydrogen) atoms. The first-order chi connectivity index (χ1) is 8.86. The van der Waals surface area contributed by atoms with Gasteiger partial charge in [-0.3, -0.25) is 4.98 Å². The molecule has 0 aliphatic carbocycles. The van der Waals surface area contributed by atoms with E-state index in [1.807, 2.05) is 18.3 Å². The summed E-state index contributed by atoms with van der Waals surface area (Å²) in [5.41, 5.74) is 1.13. The van der Waals surface area contributed by atoms with Crippen molar-refractivity contribution in [1.29, 1.82) is 0 Å². The molecule has 2 rings (SSSR count). The lowest BCUT2D eigenvalue weighted by Gasteiger charge is -2.26. The molecule has 1 aliphatic heterocycles. The Balaban J connectivity index is 1.60. The average molecular weight is 247 g/mol. The zero-order chi connectivity index (χ0) is 12.6. The molecular weight excluding hydrogens is 222 g/mol. The predicted octanol–water partition coefficient (Wildman–Crippen LogP) is 2.61. The lowest BCUT2D eigenvalue weighted by atomic mass is 10.1. The van der Waals surface area contributed by atoms with Crippen LogP contribution in [0.1, 0.15) is 44.3 Å². The van der Waals surface area contributed by atoms with E-state index in [0.29, 0.717) is 6.04 Å². The summed E-state index contributed by atoms with van der Waals surface area (Å²) in [6.45, 7) is 7.10. The molecule has 1 aromatic rings. The molecule has 0 saturated carbocycles. The first-order valence-electron chi connectivity index (χ1n) is 7.23. The van der Waals surface area contributed by atoms with E-state index < -0.39 is 0 Å². The Morgan fingerprint density at radius 3 is 2.83 bits per heavy atom. The summed E-state index contributed by atoms with van der Waals surface area (Å²) >= 11 is 0. The van der Waals surface area contributed by atoms with Gasteiger partial charge in [0.2, 0.25) is 0 Å². The normalized spacial score (nSPS) is 18.7. The molecule has 3 nitrogen and oxygen atoms in total. The zero-order valence-corrected chi connectivity index (χ0v) is 11.4. The van der Waals surface area contributed by atoms with Crippen molar-refractivity contribution < 1.29 is 0 Å². The number of nitrogens with one attached hydrogen (secondary N) is 1. The first kappa shape index (κ1) is 13.5. The van der Waals surface area contributed by atoms with Crippen LogP contribution in [0.25, 0.3) is 0 Å². The fourth-order valence-electron chi connectivity index (χ4n) is 2.54. The highest BCUT2D eigenvalue weighted by atomic mass is 15.1. The van der Waals surface area contributed by atoms with Gasteiger partial charge in [-0.25, -0.2) is 0 Å². The summed E-state index contributed by atoms with van der Waals surface area (Å²) in [5.74, 6) is 0. The lowest BCUT2D eigenvalue weighted by molar-refractivity contribution is 0.225. The second-order valence-electron chi connectivity index (χ2n) is 5.19. The van der Waals surface area contributed by atoms with Gasteiger partial charge in [-0.15, -0.1) is 0 Å².